The van der Waals surface area contributed by atoms with Crippen molar-refractivity contribution in [2.75, 3.05) is 41.1 Å². The first-order chi connectivity index (χ1) is 28.2. The van der Waals surface area contributed by atoms with Crippen LogP contribution >= 0.6 is 0 Å². The van der Waals surface area contributed by atoms with Gasteiger partial charge in [0.05, 0.1) is 42.7 Å². The summed E-state index contributed by atoms with van der Waals surface area (Å²) in [5, 5.41) is 9.84. The Balaban J connectivity index is 1.04. The van der Waals surface area contributed by atoms with Crippen LogP contribution in [0.2, 0.25) is 0 Å². The number of carbonyl (C=O) groups is 4. The van der Waals surface area contributed by atoms with Crippen molar-refractivity contribution in [1.29, 1.82) is 0 Å². The van der Waals surface area contributed by atoms with Crippen molar-refractivity contribution in [2.24, 2.45) is 5.92 Å². The summed E-state index contributed by atoms with van der Waals surface area (Å²) in [5.74, 6) is -0.00222. The van der Waals surface area contributed by atoms with E-state index in [4.69, 9.17) is 14.2 Å². The lowest BCUT2D eigenvalue weighted by Gasteiger charge is -2.31. The fourth-order valence-electron chi connectivity index (χ4n) is 8.72. The van der Waals surface area contributed by atoms with Crippen LogP contribution in [0, 0.1) is 5.92 Å². The van der Waals surface area contributed by atoms with Crippen molar-refractivity contribution >= 4 is 52.1 Å². The van der Waals surface area contributed by atoms with Crippen LogP contribution in [0.25, 0.3) is 0 Å². The minimum atomic E-state index is -1.43. The van der Waals surface area contributed by atoms with Crippen LogP contribution in [-0.2, 0) is 42.6 Å². The van der Waals surface area contributed by atoms with Gasteiger partial charge < -0.3 is 29.1 Å². The van der Waals surface area contributed by atoms with E-state index in [2.05, 4.69) is 0 Å². The Hall–Kier alpha value is -6.50. The molecule has 0 unspecified atom stereocenters. The van der Waals surface area contributed by atoms with Gasteiger partial charge in [-0.3, -0.25) is 29.0 Å². The molecule has 294 valence electrons. The third-order valence-electron chi connectivity index (χ3n) is 11.4. The highest BCUT2D eigenvalue weighted by atomic mass is 16.5. The molecule has 1 spiro atoms. The zero-order valence-electron chi connectivity index (χ0n) is 32.0. The molecule has 4 aliphatic heterocycles. The highest BCUT2D eigenvalue weighted by Crippen LogP contribution is 2.55. The van der Waals surface area contributed by atoms with E-state index in [1.165, 1.54) is 0 Å². The van der Waals surface area contributed by atoms with Gasteiger partial charge in [0, 0.05) is 35.9 Å². The lowest BCUT2D eigenvalue weighted by Crippen LogP contribution is -2.44. The van der Waals surface area contributed by atoms with Gasteiger partial charge in [-0.05, 0) is 72.1 Å². The predicted octanol–water partition coefficient (Wildman–Crippen LogP) is 6.38. The maximum absolute atomic E-state index is 15.1. The Kier molecular flexibility index (Phi) is 9.66. The second-order valence-corrected chi connectivity index (χ2v) is 15.1. The number of fused-ring (bicyclic) bond motifs is 4. The van der Waals surface area contributed by atoms with E-state index in [1.807, 2.05) is 128 Å². The molecule has 4 aliphatic rings. The second-order valence-electron chi connectivity index (χ2n) is 15.1. The lowest BCUT2D eigenvalue weighted by atomic mass is 9.82. The van der Waals surface area contributed by atoms with Crippen molar-refractivity contribution < 1.29 is 38.5 Å². The van der Waals surface area contributed by atoms with E-state index in [9.17, 15) is 19.5 Å². The van der Waals surface area contributed by atoms with Crippen LogP contribution in [0.15, 0.2) is 121 Å². The number of benzene rings is 5. The summed E-state index contributed by atoms with van der Waals surface area (Å²) in [6, 6.07) is 37.4. The monoisotopic (exact) mass is 778 g/mol. The van der Waals surface area contributed by atoms with Crippen LogP contribution in [0.3, 0.4) is 0 Å². The maximum Gasteiger partial charge on any atom is 0.269 e. The molecule has 1 N–H and O–H groups in total. The van der Waals surface area contributed by atoms with E-state index < -0.39 is 11.7 Å². The number of rotatable bonds is 10. The summed E-state index contributed by atoms with van der Waals surface area (Å²) in [4.78, 5) is 62.0. The highest BCUT2D eigenvalue weighted by Gasteiger charge is 2.60. The summed E-state index contributed by atoms with van der Waals surface area (Å²) in [6.07, 6.45) is -0.114. The lowest BCUT2D eigenvalue weighted by molar-refractivity contribution is -0.150. The standard InChI is InChI=1S/C46H42N4O8/c1-30-23-35(25-42(52)47(21-22-51)26-31-9-3-2-4-10-31)58-46(30)36-24-34(50-39-12-6-8-14-41(39)57-29-44(50)54)19-20-37(36)48(45(46)55)27-32-15-17-33(18-16-32)49-38-11-5-7-13-40(38)56-28-43(49)53/h2-20,24,30,35,51H,21-23,25-29H2,1H3/t30-,35-,46+/m1/s1. The molecular weight excluding hydrogens is 737 g/mol. The molecule has 0 radical (unpaired) electrons. The number of anilines is 5. The molecule has 5 aromatic rings. The fourth-order valence-corrected chi connectivity index (χ4v) is 8.72. The number of hydrogen-bond acceptors (Lipinski definition) is 8. The topological polar surface area (TPSA) is 129 Å². The zero-order valence-corrected chi connectivity index (χ0v) is 32.0. The Labute approximate surface area is 335 Å². The molecule has 5 aromatic carbocycles. The molecule has 9 rings (SSSR count). The maximum atomic E-state index is 15.1. The van der Waals surface area contributed by atoms with Crippen LogP contribution in [-0.4, -0.2) is 66.1 Å². The normalized spacial score (nSPS) is 20.7. The summed E-state index contributed by atoms with van der Waals surface area (Å²) < 4.78 is 18.2. The van der Waals surface area contributed by atoms with Crippen LogP contribution in [0.1, 0.15) is 36.5 Å². The summed E-state index contributed by atoms with van der Waals surface area (Å²) >= 11 is 0. The number of nitrogens with zero attached hydrogens (tertiary/aromatic N) is 4. The van der Waals surface area contributed by atoms with Gasteiger partial charge in [0.1, 0.15) is 11.5 Å². The molecule has 12 heteroatoms. The number of ether oxygens (including phenoxy) is 3. The van der Waals surface area contributed by atoms with Crippen LogP contribution in [0.4, 0.5) is 28.4 Å². The molecule has 4 heterocycles. The Bertz CT molecular complexity index is 2400. The summed E-state index contributed by atoms with van der Waals surface area (Å²) in [6.45, 7) is 2.30. The summed E-state index contributed by atoms with van der Waals surface area (Å²) in [7, 11) is 0. The fraction of sp³-hybridized carbons (Fsp3) is 0.261. The average Bonchev–Trinajstić information content (AvgIpc) is 3.69. The first-order valence-electron chi connectivity index (χ1n) is 19.5. The van der Waals surface area contributed by atoms with Gasteiger partial charge in [-0.1, -0.05) is 73.7 Å². The van der Waals surface area contributed by atoms with Crippen LogP contribution in [0.5, 0.6) is 11.5 Å². The predicted molar refractivity (Wildman–Crippen MR) is 216 cm³/mol. The molecule has 0 bridgehead atoms. The molecule has 4 amide bonds. The third-order valence-corrected chi connectivity index (χ3v) is 11.4. The van der Waals surface area contributed by atoms with E-state index in [-0.39, 0.29) is 68.9 Å². The zero-order chi connectivity index (χ0) is 40.0. The smallest absolute Gasteiger partial charge is 0.269 e. The molecule has 12 nitrogen and oxygen atoms in total. The molecule has 0 aliphatic carbocycles. The minimum Gasteiger partial charge on any atom is -0.482 e. The van der Waals surface area contributed by atoms with Crippen molar-refractivity contribution in [3.63, 3.8) is 0 Å². The molecule has 58 heavy (non-hydrogen) atoms. The minimum absolute atomic E-state index is 0.0292. The number of aliphatic hydroxyl groups is 1. The molecule has 3 atom stereocenters. The molecule has 1 saturated heterocycles. The number of para-hydroxylation sites is 4. The first kappa shape index (κ1) is 37.1. The second kappa shape index (κ2) is 15.1. The van der Waals surface area contributed by atoms with E-state index in [1.54, 1.807) is 19.6 Å². The summed E-state index contributed by atoms with van der Waals surface area (Å²) in [5.41, 5.74) is 4.11. The molecular formula is C46H42N4O8. The van der Waals surface area contributed by atoms with Crippen LogP contribution < -0.4 is 24.2 Å². The van der Waals surface area contributed by atoms with Gasteiger partial charge in [0.2, 0.25) is 5.91 Å². The number of amides is 4. The van der Waals surface area contributed by atoms with E-state index in [0.29, 0.717) is 58.5 Å². The van der Waals surface area contributed by atoms with Crippen molar-refractivity contribution in [2.45, 2.75) is 44.6 Å². The van der Waals surface area contributed by atoms with Gasteiger partial charge in [-0.25, -0.2) is 0 Å². The van der Waals surface area contributed by atoms with Gasteiger partial charge in [-0.2, -0.15) is 0 Å². The molecule has 1 fully saturated rings. The molecule has 0 aromatic heterocycles. The Morgan fingerprint density at radius 1 is 0.741 bits per heavy atom. The Morgan fingerprint density at radius 3 is 2.00 bits per heavy atom. The van der Waals surface area contributed by atoms with E-state index >= 15 is 4.79 Å². The van der Waals surface area contributed by atoms with Gasteiger partial charge in [-0.15, -0.1) is 0 Å². The van der Waals surface area contributed by atoms with Gasteiger partial charge >= 0.3 is 0 Å². The quantitative estimate of drug-likeness (QED) is 0.173. The van der Waals surface area contributed by atoms with Crippen molar-refractivity contribution in [1.82, 2.24) is 4.90 Å². The Morgan fingerprint density at radius 2 is 1.34 bits per heavy atom. The van der Waals surface area contributed by atoms with E-state index in [0.717, 1.165) is 11.1 Å². The molecule has 0 saturated carbocycles. The number of aliphatic hydroxyl groups excluding tert-OH is 1. The first-order valence-corrected chi connectivity index (χ1v) is 19.5. The van der Waals surface area contributed by atoms with Crippen molar-refractivity contribution in [3.05, 3.63) is 138 Å². The number of carbonyl (C=O) groups excluding carboxylic acids is 4. The van der Waals surface area contributed by atoms with Crippen molar-refractivity contribution in [3.8, 4) is 11.5 Å². The average molecular weight is 779 g/mol. The SMILES string of the molecule is C[C@@H]1C[C@H](CC(=O)N(CCO)Cc2ccccc2)O[C@@]12C(=O)N(Cc1ccc(N3C(=O)COc4ccccc43)cc1)c1ccc(N3C(=O)COc4ccccc43)cc12. The largest absolute Gasteiger partial charge is 0.482 e. The van der Waals surface area contributed by atoms with Gasteiger partial charge in [0.25, 0.3) is 17.7 Å². The number of hydrogen-bond donors (Lipinski definition) is 1. The van der Waals surface area contributed by atoms with Gasteiger partial charge in [0.15, 0.2) is 18.8 Å². The highest BCUT2D eigenvalue weighted by molar-refractivity contribution is 6.10. The third kappa shape index (κ3) is 6.44.